The van der Waals surface area contributed by atoms with E-state index in [-0.39, 0.29) is 11.8 Å². The van der Waals surface area contributed by atoms with Gasteiger partial charge >= 0.3 is 0 Å². The molecule has 190 valence electrons. The van der Waals surface area contributed by atoms with E-state index in [1.54, 1.807) is 18.0 Å². The number of fused-ring (bicyclic) bond motifs is 1. The summed E-state index contributed by atoms with van der Waals surface area (Å²) in [5, 5.41) is 3.92. The molecule has 1 saturated heterocycles. The number of aryl methyl sites for hydroxylation is 1. The van der Waals surface area contributed by atoms with Crippen LogP contribution < -0.4 is 5.32 Å². The Labute approximate surface area is 221 Å². The number of benzene rings is 2. The summed E-state index contributed by atoms with van der Waals surface area (Å²) >= 11 is 1.72. The van der Waals surface area contributed by atoms with E-state index < -0.39 is 0 Å². The van der Waals surface area contributed by atoms with E-state index in [2.05, 4.69) is 46.1 Å². The molecule has 2 aromatic carbocycles. The molecule has 5 rings (SSSR count). The van der Waals surface area contributed by atoms with Crippen LogP contribution in [0.5, 0.6) is 0 Å². The molecule has 8 heteroatoms. The number of hydrogen-bond acceptors (Lipinski definition) is 5. The van der Waals surface area contributed by atoms with Crippen LogP contribution in [0.15, 0.2) is 72.1 Å². The van der Waals surface area contributed by atoms with Crippen molar-refractivity contribution in [3.8, 4) is 0 Å². The molecule has 0 radical (unpaired) electrons. The quantitative estimate of drug-likeness (QED) is 0.243. The lowest BCUT2D eigenvalue weighted by Gasteiger charge is -2.15. The molecule has 1 N–H and O–H groups in total. The van der Waals surface area contributed by atoms with Gasteiger partial charge in [-0.25, -0.2) is 4.98 Å². The van der Waals surface area contributed by atoms with Gasteiger partial charge in [0.05, 0.1) is 23.8 Å². The third-order valence-electron chi connectivity index (χ3n) is 6.58. The summed E-state index contributed by atoms with van der Waals surface area (Å²) in [4.78, 5) is 35.4. The van der Waals surface area contributed by atoms with Crippen molar-refractivity contribution in [1.29, 1.82) is 0 Å². The number of nitrogens with zero attached hydrogens (tertiary/aromatic N) is 4. The van der Waals surface area contributed by atoms with Gasteiger partial charge in [0.25, 0.3) is 5.91 Å². The zero-order chi connectivity index (χ0) is 25.6. The number of rotatable bonds is 10. The zero-order valence-corrected chi connectivity index (χ0v) is 21.8. The molecule has 0 aliphatic carbocycles. The molecule has 0 saturated carbocycles. The van der Waals surface area contributed by atoms with Crippen LogP contribution >= 0.6 is 11.8 Å². The Morgan fingerprint density at radius 3 is 2.76 bits per heavy atom. The molecule has 1 aliphatic heterocycles. The Bertz CT molecular complexity index is 1400. The number of carbonyl (C=O) groups is 2. The zero-order valence-electron chi connectivity index (χ0n) is 21.0. The molecule has 3 heterocycles. The van der Waals surface area contributed by atoms with Crippen LogP contribution in [0.2, 0.25) is 0 Å². The highest BCUT2D eigenvalue weighted by Gasteiger charge is 2.19. The molecule has 2 aromatic heterocycles. The first-order valence-corrected chi connectivity index (χ1v) is 13.7. The van der Waals surface area contributed by atoms with Gasteiger partial charge in [0.1, 0.15) is 0 Å². The summed E-state index contributed by atoms with van der Waals surface area (Å²) in [6.07, 6.45) is 5.98. The minimum absolute atomic E-state index is 0.0917. The van der Waals surface area contributed by atoms with Crippen molar-refractivity contribution in [2.45, 2.75) is 43.6 Å². The van der Waals surface area contributed by atoms with Crippen LogP contribution in [0.3, 0.4) is 0 Å². The molecular formula is C29H31N5O2S. The van der Waals surface area contributed by atoms with E-state index in [4.69, 9.17) is 4.98 Å². The van der Waals surface area contributed by atoms with Gasteiger partial charge in [0.15, 0.2) is 5.16 Å². The Morgan fingerprint density at radius 2 is 1.97 bits per heavy atom. The van der Waals surface area contributed by atoms with Crippen molar-refractivity contribution in [3.05, 3.63) is 89.2 Å². The number of hydrogen-bond donors (Lipinski definition) is 1. The van der Waals surface area contributed by atoms with Crippen LogP contribution in [0.1, 0.15) is 46.3 Å². The molecular weight excluding hydrogens is 482 g/mol. The van der Waals surface area contributed by atoms with E-state index in [1.807, 2.05) is 41.4 Å². The first kappa shape index (κ1) is 25.0. The minimum Gasteiger partial charge on any atom is -0.352 e. The minimum atomic E-state index is -0.0917. The molecule has 7 nitrogen and oxygen atoms in total. The van der Waals surface area contributed by atoms with E-state index in [0.717, 1.165) is 46.9 Å². The molecule has 37 heavy (non-hydrogen) atoms. The van der Waals surface area contributed by atoms with Gasteiger partial charge in [-0.1, -0.05) is 53.7 Å². The first-order chi connectivity index (χ1) is 18.1. The van der Waals surface area contributed by atoms with Gasteiger partial charge in [0, 0.05) is 43.6 Å². The van der Waals surface area contributed by atoms with Gasteiger partial charge < -0.3 is 14.8 Å². The molecule has 0 spiro atoms. The number of amides is 2. The molecule has 0 atom stereocenters. The van der Waals surface area contributed by atoms with E-state index >= 15 is 0 Å². The van der Waals surface area contributed by atoms with Crippen molar-refractivity contribution < 1.29 is 9.59 Å². The lowest BCUT2D eigenvalue weighted by Crippen LogP contribution is -2.30. The lowest BCUT2D eigenvalue weighted by atomic mass is 10.1. The number of imidazole rings is 1. The van der Waals surface area contributed by atoms with E-state index in [0.29, 0.717) is 31.6 Å². The van der Waals surface area contributed by atoms with Crippen molar-refractivity contribution in [1.82, 2.24) is 24.8 Å². The fourth-order valence-electron chi connectivity index (χ4n) is 4.62. The average molecular weight is 514 g/mol. The molecule has 0 unspecified atom stereocenters. The highest BCUT2D eigenvalue weighted by molar-refractivity contribution is 7.98. The smallest absolute Gasteiger partial charge is 0.251 e. The number of carbonyl (C=O) groups excluding carboxylic acids is 2. The van der Waals surface area contributed by atoms with Gasteiger partial charge in [0.2, 0.25) is 5.91 Å². The summed E-state index contributed by atoms with van der Waals surface area (Å²) in [6, 6.07) is 18.2. The molecule has 1 fully saturated rings. The average Bonchev–Trinajstić information content (AvgIpc) is 3.48. The van der Waals surface area contributed by atoms with Crippen molar-refractivity contribution >= 4 is 34.6 Å². The highest BCUT2D eigenvalue weighted by Crippen LogP contribution is 2.27. The summed E-state index contributed by atoms with van der Waals surface area (Å²) in [7, 11) is 0. The molecule has 4 aromatic rings. The monoisotopic (exact) mass is 513 g/mol. The number of thioether (sulfide) groups is 1. The van der Waals surface area contributed by atoms with Crippen molar-refractivity contribution in [2.24, 2.45) is 0 Å². The second-order valence-corrected chi connectivity index (χ2v) is 10.4. The summed E-state index contributed by atoms with van der Waals surface area (Å²) in [5.74, 6) is 0.967. The van der Waals surface area contributed by atoms with Crippen LogP contribution in [-0.4, -0.2) is 50.9 Å². The molecule has 1 aliphatic rings. The number of aromatic nitrogens is 3. The van der Waals surface area contributed by atoms with E-state index in [1.165, 1.54) is 11.1 Å². The maximum atomic E-state index is 12.6. The van der Waals surface area contributed by atoms with Gasteiger partial charge in [-0.2, -0.15) is 0 Å². The fraction of sp³-hybridized carbons (Fsp3) is 0.310. The predicted molar refractivity (Wildman–Crippen MR) is 147 cm³/mol. The van der Waals surface area contributed by atoms with Gasteiger partial charge in [-0.3, -0.25) is 14.6 Å². The summed E-state index contributed by atoms with van der Waals surface area (Å²) < 4.78 is 2.19. The van der Waals surface area contributed by atoms with Crippen molar-refractivity contribution in [3.63, 3.8) is 0 Å². The first-order valence-electron chi connectivity index (χ1n) is 12.7. The SMILES string of the molecule is Cc1cccc(CSc2nc3ccncc3n2Cc2ccc(C(=O)NCCCN3CCCC3=O)cc2)c1. The number of nitrogens with one attached hydrogen (secondary N) is 1. The second-order valence-electron chi connectivity index (χ2n) is 9.41. The number of pyridine rings is 1. The third-order valence-corrected chi connectivity index (χ3v) is 7.63. The number of likely N-dealkylation sites (tertiary alicyclic amines) is 1. The van der Waals surface area contributed by atoms with Crippen LogP contribution in [0, 0.1) is 6.92 Å². The Balaban J connectivity index is 1.22. The normalized spacial score (nSPS) is 13.4. The highest BCUT2D eigenvalue weighted by atomic mass is 32.2. The van der Waals surface area contributed by atoms with Crippen LogP contribution in [0.25, 0.3) is 11.0 Å². The van der Waals surface area contributed by atoms with Crippen molar-refractivity contribution in [2.75, 3.05) is 19.6 Å². The summed E-state index contributed by atoms with van der Waals surface area (Å²) in [5.41, 5.74) is 6.16. The van der Waals surface area contributed by atoms with Gasteiger partial charge in [-0.05, 0) is 49.1 Å². The second kappa shape index (κ2) is 11.6. The Morgan fingerprint density at radius 1 is 1.11 bits per heavy atom. The standard InChI is InChI=1S/C29H31N5O2S/c1-21-5-2-6-23(17-21)20-37-29-32-25-12-14-30-18-26(25)34(29)19-22-8-10-24(11-9-22)28(36)31-13-4-16-33-15-3-7-27(33)35/h2,5-6,8-12,14,17-18H,3-4,7,13,15-16,19-20H2,1H3,(H,31,36). The fourth-order valence-corrected chi connectivity index (χ4v) is 5.58. The predicted octanol–water partition coefficient (Wildman–Crippen LogP) is 4.82. The van der Waals surface area contributed by atoms with Gasteiger partial charge in [-0.15, -0.1) is 0 Å². The maximum absolute atomic E-state index is 12.6. The summed E-state index contributed by atoms with van der Waals surface area (Å²) in [6.45, 7) is 4.85. The molecule has 0 bridgehead atoms. The van der Waals surface area contributed by atoms with Crippen LogP contribution in [0.4, 0.5) is 0 Å². The van der Waals surface area contributed by atoms with E-state index in [9.17, 15) is 9.59 Å². The largest absolute Gasteiger partial charge is 0.352 e. The topological polar surface area (TPSA) is 80.1 Å². The maximum Gasteiger partial charge on any atom is 0.251 e. The third kappa shape index (κ3) is 6.20. The molecule has 2 amide bonds. The van der Waals surface area contributed by atoms with Crippen LogP contribution in [-0.2, 0) is 17.1 Å². The Hall–Kier alpha value is -3.65. The Kier molecular flexibility index (Phi) is 7.84. The lowest BCUT2D eigenvalue weighted by molar-refractivity contribution is -0.127.